The van der Waals surface area contributed by atoms with Crippen LogP contribution < -0.4 is 9.62 Å². The minimum Gasteiger partial charge on any atom is -0.387 e. The predicted molar refractivity (Wildman–Crippen MR) is 141 cm³/mol. The van der Waals surface area contributed by atoms with E-state index in [1.807, 2.05) is 38.2 Å². The summed E-state index contributed by atoms with van der Waals surface area (Å²) in [6, 6.07) is 5.60. The lowest BCUT2D eigenvalue weighted by atomic mass is 10.0. The Morgan fingerprint density at radius 2 is 1.64 bits per heavy atom. The van der Waals surface area contributed by atoms with Crippen LogP contribution >= 0.6 is 0 Å². The highest BCUT2D eigenvalue weighted by Gasteiger charge is 2.28. The molecular weight excluding hydrogens is 434 g/mol. The minimum absolute atomic E-state index is 0.343. The van der Waals surface area contributed by atoms with Crippen molar-refractivity contribution >= 4 is 21.4 Å². The van der Waals surface area contributed by atoms with Gasteiger partial charge >= 0.3 is 0 Å². The Labute approximate surface area is 202 Å². The average Bonchev–Trinajstić information content (AvgIpc) is 2.79. The van der Waals surface area contributed by atoms with Crippen LogP contribution in [0.3, 0.4) is 0 Å². The van der Waals surface area contributed by atoms with Crippen molar-refractivity contribution in [2.75, 3.05) is 43.9 Å². The second-order valence-corrected chi connectivity index (χ2v) is 11.9. The number of likely N-dealkylation sites (N-methyl/N-ethyl adjacent to an activating group) is 1. The van der Waals surface area contributed by atoms with Crippen molar-refractivity contribution in [2.24, 2.45) is 0 Å². The van der Waals surface area contributed by atoms with Crippen molar-refractivity contribution in [2.45, 2.75) is 95.3 Å². The molecule has 7 heteroatoms. The largest absolute Gasteiger partial charge is 0.387 e. The zero-order chi connectivity index (χ0) is 24.3. The summed E-state index contributed by atoms with van der Waals surface area (Å²) < 4.78 is 28.9. The highest BCUT2D eigenvalue weighted by molar-refractivity contribution is 7.93. The van der Waals surface area contributed by atoms with Crippen molar-refractivity contribution in [1.29, 1.82) is 0 Å². The van der Waals surface area contributed by atoms with Gasteiger partial charge in [-0.05, 0) is 51.1 Å². The molecular formula is C26H47N3O3S. The smallest absolute Gasteiger partial charge is 0.235 e. The number of anilines is 2. The summed E-state index contributed by atoms with van der Waals surface area (Å²) in [5, 5.41) is 10.7. The molecule has 1 aliphatic rings. The third-order valence-corrected chi connectivity index (χ3v) is 8.64. The quantitative estimate of drug-likeness (QED) is 0.322. The fourth-order valence-corrected chi connectivity index (χ4v) is 6.25. The maximum atomic E-state index is 13.0. The highest BCUT2D eigenvalue weighted by Crippen LogP contribution is 2.31. The number of aliphatic hydroxyl groups excluding tert-OH is 1. The van der Waals surface area contributed by atoms with Gasteiger partial charge in [0.05, 0.1) is 17.0 Å². The van der Waals surface area contributed by atoms with Crippen molar-refractivity contribution in [3.63, 3.8) is 0 Å². The first-order valence-corrected chi connectivity index (χ1v) is 14.5. The average molecular weight is 482 g/mol. The van der Waals surface area contributed by atoms with Crippen molar-refractivity contribution < 1.29 is 13.5 Å². The Hall–Kier alpha value is -1.31. The summed E-state index contributed by atoms with van der Waals surface area (Å²) in [6.07, 6.45) is 12.5. The van der Waals surface area contributed by atoms with Gasteiger partial charge in [-0.3, -0.25) is 4.72 Å². The summed E-state index contributed by atoms with van der Waals surface area (Å²) in [7, 11) is 2.46. The van der Waals surface area contributed by atoms with Gasteiger partial charge in [0.15, 0.2) is 0 Å². The third-order valence-electron chi connectivity index (χ3n) is 6.78. The second kappa shape index (κ2) is 14.2. The van der Waals surface area contributed by atoms with Crippen LogP contribution in [0.25, 0.3) is 0 Å². The Kier molecular flexibility index (Phi) is 12.0. The number of hydrogen-bond donors (Lipinski definition) is 2. The summed E-state index contributed by atoms with van der Waals surface area (Å²) in [4.78, 5) is 4.12. The summed E-state index contributed by atoms with van der Waals surface area (Å²) >= 11 is 0. The number of nitrogens with one attached hydrogen (secondary N) is 1. The van der Waals surface area contributed by atoms with Crippen LogP contribution in [0.2, 0.25) is 0 Å². The van der Waals surface area contributed by atoms with Crippen LogP contribution in [0.15, 0.2) is 18.2 Å². The fraction of sp³-hybridized carbons (Fsp3) is 0.769. The molecule has 0 saturated heterocycles. The Morgan fingerprint density at radius 1 is 1.00 bits per heavy atom. The van der Waals surface area contributed by atoms with E-state index < -0.39 is 16.1 Å². The van der Waals surface area contributed by atoms with E-state index in [4.69, 9.17) is 0 Å². The van der Waals surface area contributed by atoms with Crippen LogP contribution in [0, 0.1) is 0 Å². The Morgan fingerprint density at radius 3 is 2.27 bits per heavy atom. The number of sulfonamides is 1. The zero-order valence-electron chi connectivity index (χ0n) is 21.4. The van der Waals surface area contributed by atoms with Gasteiger partial charge < -0.3 is 14.9 Å². The molecule has 1 saturated carbocycles. The second-order valence-electron chi connectivity index (χ2n) is 9.97. The normalized spacial score (nSPS) is 16.2. The van der Waals surface area contributed by atoms with Gasteiger partial charge in [0.1, 0.15) is 0 Å². The van der Waals surface area contributed by atoms with E-state index in [-0.39, 0.29) is 5.25 Å². The molecule has 1 aromatic carbocycles. The number of aliphatic hydroxyl groups is 1. The molecule has 1 atom stereocenters. The maximum Gasteiger partial charge on any atom is 0.235 e. The highest BCUT2D eigenvalue weighted by atomic mass is 32.2. The molecule has 190 valence electrons. The van der Waals surface area contributed by atoms with E-state index in [0.717, 1.165) is 37.9 Å². The van der Waals surface area contributed by atoms with Crippen LogP contribution in [0.4, 0.5) is 11.4 Å². The van der Waals surface area contributed by atoms with Gasteiger partial charge in [0, 0.05) is 31.9 Å². The molecule has 0 amide bonds. The Bertz CT molecular complexity index is 792. The molecule has 0 aromatic heterocycles. The predicted octanol–water partition coefficient (Wildman–Crippen LogP) is 5.54. The lowest BCUT2D eigenvalue weighted by Crippen LogP contribution is -2.31. The SMILES string of the molecule is CCCCCCCCCN(C)CC(O)c1cc(N(C)C)ccc1NS(=O)(=O)C1CCCCC1. The lowest BCUT2D eigenvalue weighted by molar-refractivity contribution is 0.126. The summed E-state index contributed by atoms with van der Waals surface area (Å²) in [6.45, 7) is 3.65. The van der Waals surface area contributed by atoms with Crippen LogP contribution in [0.5, 0.6) is 0 Å². The van der Waals surface area contributed by atoms with Crippen LogP contribution in [0.1, 0.15) is 95.6 Å². The molecule has 0 bridgehead atoms. The van der Waals surface area contributed by atoms with E-state index in [9.17, 15) is 13.5 Å². The first-order valence-electron chi connectivity index (χ1n) is 12.9. The monoisotopic (exact) mass is 481 g/mol. The molecule has 0 aliphatic heterocycles. The molecule has 33 heavy (non-hydrogen) atoms. The van der Waals surface area contributed by atoms with Crippen molar-refractivity contribution in [1.82, 2.24) is 4.90 Å². The Balaban J connectivity index is 2.01. The number of benzene rings is 1. The number of hydrogen-bond acceptors (Lipinski definition) is 5. The summed E-state index contributed by atoms with van der Waals surface area (Å²) in [5.74, 6) is 0. The third kappa shape index (κ3) is 9.45. The number of rotatable bonds is 15. The van der Waals surface area contributed by atoms with E-state index in [1.165, 1.54) is 38.5 Å². The maximum absolute atomic E-state index is 13.0. The standard InChI is InChI=1S/C26H47N3O3S/c1-5-6-7-8-9-10-14-19-29(4)21-26(30)24-20-22(28(2)3)17-18-25(24)27-33(31,32)23-15-12-11-13-16-23/h17-18,20,23,26-27,30H,5-16,19,21H2,1-4H3. The van der Waals surface area contributed by atoms with E-state index in [0.29, 0.717) is 30.6 Å². The molecule has 2 rings (SSSR count). The zero-order valence-corrected chi connectivity index (χ0v) is 22.2. The first kappa shape index (κ1) is 27.9. The molecule has 0 radical (unpaired) electrons. The first-order chi connectivity index (χ1) is 15.7. The van der Waals surface area contributed by atoms with Crippen LogP contribution in [-0.2, 0) is 10.0 Å². The molecule has 2 N–H and O–H groups in total. The fourth-order valence-electron chi connectivity index (χ4n) is 4.63. The molecule has 1 aliphatic carbocycles. The topological polar surface area (TPSA) is 72.9 Å². The van der Waals surface area contributed by atoms with Gasteiger partial charge in [-0.15, -0.1) is 0 Å². The molecule has 0 heterocycles. The van der Waals surface area contributed by atoms with Gasteiger partial charge in [-0.25, -0.2) is 8.42 Å². The van der Waals surface area contributed by atoms with E-state index >= 15 is 0 Å². The summed E-state index contributed by atoms with van der Waals surface area (Å²) in [5.41, 5.74) is 2.09. The van der Waals surface area contributed by atoms with E-state index in [2.05, 4.69) is 16.5 Å². The van der Waals surface area contributed by atoms with E-state index in [1.54, 1.807) is 6.07 Å². The molecule has 1 fully saturated rings. The van der Waals surface area contributed by atoms with Gasteiger partial charge in [0.2, 0.25) is 10.0 Å². The van der Waals surface area contributed by atoms with Gasteiger partial charge in [0.25, 0.3) is 0 Å². The molecule has 6 nitrogen and oxygen atoms in total. The van der Waals surface area contributed by atoms with Crippen molar-refractivity contribution in [3.05, 3.63) is 23.8 Å². The lowest BCUT2D eigenvalue weighted by Gasteiger charge is -2.26. The van der Waals surface area contributed by atoms with Crippen molar-refractivity contribution in [3.8, 4) is 0 Å². The number of nitrogens with zero attached hydrogens (tertiary/aromatic N) is 2. The molecule has 1 unspecified atom stereocenters. The van der Waals surface area contributed by atoms with Crippen LogP contribution in [-0.4, -0.2) is 57.9 Å². The number of unbranched alkanes of at least 4 members (excludes halogenated alkanes) is 6. The minimum atomic E-state index is -3.47. The molecule has 0 spiro atoms. The van der Waals surface area contributed by atoms with Gasteiger partial charge in [-0.2, -0.15) is 0 Å². The van der Waals surface area contributed by atoms with Gasteiger partial charge in [-0.1, -0.05) is 64.7 Å². The molecule has 1 aromatic rings.